The van der Waals surface area contributed by atoms with Crippen molar-refractivity contribution in [2.75, 3.05) is 20.8 Å². The van der Waals surface area contributed by atoms with E-state index in [-0.39, 0.29) is 34.8 Å². The molecule has 0 aromatic heterocycles. The summed E-state index contributed by atoms with van der Waals surface area (Å²) >= 11 is 0. The zero-order valence-electron chi connectivity index (χ0n) is 18.6. The molecule has 1 amide bonds. The number of ether oxygens (including phenoxy) is 3. The highest BCUT2D eigenvalue weighted by Gasteiger charge is 2.68. The molecule has 1 aromatic carbocycles. The van der Waals surface area contributed by atoms with Crippen molar-refractivity contribution < 1.29 is 19.0 Å². The summed E-state index contributed by atoms with van der Waals surface area (Å²) in [5.74, 6) is 2.65. The summed E-state index contributed by atoms with van der Waals surface area (Å²) in [5, 5.41) is 3.46. The molecule has 1 unspecified atom stereocenters. The highest BCUT2D eigenvalue weighted by Crippen LogP contribution is 2.70. The molecule has 2 bridgehead atoms. The topological polar surface area (TPSA) is 56.8 Å². The fourth-order valence-corrected chi connectivity index (χ4v) is 6.46. The fourth-order valence-electron chi connectivity index (χ4n) is 6.46. The third-order valence-corrected chi connectivity index (χ3v) is 8.05. The van der Waals surface area contributed by atoms with Gasteiger partial charge in [0, 0.05) is 18.6 Å². The second-order valence-corrected chi connectivity index (χ2v) is 10.0. The lowest BCUT2D eigenvalue weighted by atomic mass is 9.58. The highest BCUT2D eigenvalue weighted by molar-refractivity contribution is 5.78. The fraction of sp³-hybridized carbons (Fsp3) is 0.708. The SMILES string of the molecule is COc1ccc([C@H]2OCCC34C[C@@H](C[C@H]23)C(C)(C)[C@@H]4NC(=O)C(C)C)cc1OC. The lowest BCUT2D eigenvalue weighted by molar-refractivity contribution is -0.139. The van der Waals surface area contributed by atoms with Crippen molar-refractivity contribution in [1.82, 2.24) is 5.32 Å². The van der Waals surface area contributed by atoms with Gasteiger partial charge in [-0.25, -0.2) is 0 Å². The number of rotatable bonds is 5. The predicted octanol–water partition coefficient (Wildman–Crippen LogP) is 4.36. The minimum atomic E-state index is 0.00117. The van der Waals surface area contributed by atoms with Crippen LogP contribution < -0.4 is 14.8 Å². The molecule has 0 radical (unpaired) electrons. The predicted molar refractivity (Wildman–Crippen MR) is 112 cm³/mol. The number of benzene rings is 1. The van der Waals surface area contributed by atoms with Crippen LogP contribution in [0.25, 0.3) is 0 Å². The Morgan fingerprint density at radius 1 is 1.21 bits per heavy atom. The summed E-state index contributed by atoms with van der Waals surface area (Å²) in [6, 6.07) is 6.32. The molecule has 4 rings (SSSR count). The summed E-state index contributed by atoms with van der Waals surface area (Å²) in [4.78, 5) is 12.7. The summed E-state index contributed by atoms with van der Waals surface area (Å²) < 4.78 is 17.3. The van der Waals surface area contributed by atoms with E-state index in [0.717, 1.165) is 36.5 Å². The number of fused-ring (bicyclic) bond motifs is 1. The van der Waals surface area contributed by atoms with Gasteiger partial charge >= 0.3 is 0 Å². The molecular weight excluding hydrogens is 366 g/mol. The maximum Gasteiger partial charge on any atom is 0.222 e. The Morgan fingerprint density at radius 3 is 2.59 bits per heavy atom. The van der Waals surface area contributed by atoms with Crippen molar-refractivity contribution >= 4 is 5.91 Å². The summed E-state index contributed by atoms with van der Waals surface area (Å²) in [7, 11) is 3.33. The van der Waals surface area contributed by atoms with Crippen molar-refractivity contribution in [3.8, 4) is 11.5 Å². The molecule has 1 spiro atoms. The van der Waals surface area contributed by atoms with Gasteiger partial charge in [0.15, 0.2) is 11.5 Å². The Kier molecular flexibility index (Phi) is 5.09. The van der Waals surface area contributed by atoms with E-state index >= 15 is 0 Å². The molecule has 1 saturated heterocycles. The average Bonchev–Trinajstić information content (AvgIpc) is 3.19. The maximum atomic E-state index is 12.7. The van der Waals surface area contributed by atoms with Crippen LogP contribution in [0.4, 0.5) is 0 Å². The molecule has 3 aliphatic rings. The first-order valence-corrected chi connectivity index (χ1v) is 10.9. The molecule has 29 heavy (non-hydrogen) atoms. The number of carbonyl (C=O) groups excluding carboxylic acids is 1. The van der Waals surface area contributed by atoms with Crippen LogP contribution in [0.3, 0.4) is 0 Å². The normalized spacial score (nSPS) is 34.7. The van der Waals surface area contributed by atoms with Gasteiger partial charge in [-0.1, -0.05) is 33.8 Å². The van der Waals surface area contributed by atoms with Crippen LogP contribution in [0.15, 0.2) is 18.2 Å². The zero-order chi connectivity index (χ0) is 21.0. The Balaban J connectivity index is 1.68. The molecule has 160 valence electrons. The lowest BCUT2D eigenvalue weighted by Crippen LogP contribution is -2.59. The molecule has 5 heteroatoms. The highest BCUT2D eigenvalue weighted by atomic mass is 16.5. The van der Waals surface area contributed by atoms with Crippen molar-refractivity contribution in [2.24, 2.45) is 28.6 Å². The molecule has 1 heterocycles. The molecule has 3 fully saturated rings. The van der Waals surface area contributed by atoms with Gasteiger partial charge in [0.05, 0.1) is 20.3 Å². The lowest BCUT2D eigenvalue weighted by Gasteiger charge is -2.53. The zero-order valence-corrected chi connectivity index (χ0v) is 18.6. The monoisotopic (exact) mass is 401 g/mol. The third kappa shape index (κ3) is 3.04. The van der Waals surface area contributed by atoms with Gasteiger partial charge in [-0.15, -0.1) is 0 Å². The Bertz CT molecular complexity index is 789. The van der Waals surface area contributed by atoms with Crippen LogP contribution in [0, 0.1) is 28.6 Å². The minimum Gasteiger partial charge on any atom is -0.493 e. The quantitative estimate of drug-likeness (QED) is 0.797. The van der Waals surface area contributed by atoms with Gasteiger partial charge in [0.1, 0.15) is 0 Å². The number of amides is 1. The van der Waals surface area contributed by atoms with Gasteiger partial charge in [0.25, 0.3) is 0 Å². The van der Waals surface area contributed by atoms with Gasteiger partial charge in [-0.05, 0) is 59.6 Å². The first-order valence-electron chi connectivity index (χ1n) is 10.9. The summed E-state index contributed by atoms with van der Waals surface area (Å²) in [6.45, 7) is 9.36. The second kappa shape index (κ2) is 7.19. The van der Waals surface area contributed by atoms with E-state index in [1.54, 1.807) is 14.2 Å². The van der Waals surface area contributed by atoms with Crippen LogP contribution in [-0.2, 0) is 9.53 Å². The largest absolute Gasteiger partial charge is 0.493 e. The van der Waals surface area contributed by atoms with Crippen LogP contribution in [-0.4, -0.2) is 32.8 Å². The summed E-state index contributed by atoms with van der Waals surface area (Å²) in [5.41, 5.74) is 1.36. The van der Waals surface area contributed by atoms with Crippen LogP contribution in [0.1, 0.15) is 58.6 Å². The molecule has 1 N–H and O–H groups in total. The molecule has 5 nitrogen and oxygen atoms in total. The van der Waals surface area contributed by atoms with E-state index in [4.69, 9.17) is 14.2 Å². The standard InChI is InChI=1S/C24H35NO4/c1-14(2)21(26)25-22-23(3,4)16-12-17-20(29-10-9-24(17,22)13-16)15-7-8-18(27-5)19(11-15)28-6/h7-8,11,14,16-17,20,22H,9-10,12-13H2,1-6H3,(H,25,26)/t16-,17-,20-,22+,24?/m1/s1. The van der Waals surface area contributed by atoms with Crippen LogP contribution >= 0.6 is 0 Å². The number of methoxy groups -OCH3 is 2. The number of hydrogen-bond acceptors (Lipinski definition) is 4. The Morgan fingerprint density at radius 2 is 1.93 bits per heavy atom. The second-order valence-electron chi connectivity index (χ2n) is 10.0. The molecule has 2 aliphatic carbocycles. The number of carbonyl (C=O) groups is 1. The smallest absolute Gasteiger partial charge is 0.222 e. The Hall–Kier alpha value is -1.75. The van der Waals surface area contributed by atoms with E-state index in [1.165, 1.54) is 6.42 Å². The van der Waals surface area contributed by atoms with Crippen LogP contribution in [0.5, 0.6) is 11.5 Å². The van der Waals surface area contributed by atoms with Crippen molar-refractivity contribution in [3.63, 3.8) is 0 Å². The average molecular weight is 402 g/mol. The molecule has 1 aliphatic heterocycles. The van der Waals surface area contributed by atoms with Gasteiger partial charge in [0.2, 0.25) is 5.91 Å². The minimum absolute atomic E-state index is 0.00117. The molecular formula is C24H35NO4. The first-order chi connectivity index (χ1) is 13.7. The van der Waals surface area contributed by atoms with Crippen molar-refractivity contribution in [2.45, 2.75) is 59.1 Å². The van der Waals surface area contributed by atoms with Gasteiger partial charge in [-0.3, -0.25) is 4.79 Å². The van der Waals surface area contributed by atoms with Crippen molar-refractivity contribution in [3.05, 3.63) is 23.8 Å². The number of nitrogens with one attached hydrogen (secondary N) is 1. The van der Waals surface area contributed by atoms with E-state index in [2.05, 4.69) is 31.3 Å². The van der Waals surface area contributed by atoms with E-state index in [9.17, 15) is 4.79 Å². The van der Waals surface area contributed by atoms with E-state index in [1.807, 2.05) is 19.9 Å². The Labute approximate surface area is 174 Å². The van der Waals surface area contributed by atoms with Crippen molar-refractivity contribution in [1.29, 1.82) is 0 Å². The molecule has 2 saturated carbocycles. The molecule has 1 aromatic rings. The van der Waals surface area contributed by atoms with E-state index in [0.29, 0.717) is 11.8 Å². The maximum absolute atomic E-state index is 12.7. The third-order valence-electron chi connectivity index (χ3n) is 8.05. The summed E-state index contributed by atoms with van der Waals surface area (Å²) in [6.07, 6.45) is 3.38. The van der Waals surface area contributed by atoms with Gasteiger partial charge < -0.3 is 19.5 Å². The molecule has 5 atom stereocenters. The van der Waals surface area contributed by atoms with Crippen LogP contribution in [0.2, 0.25) is 0 Å². The van der Waals surface area contributed by atoms with Gasteiger partial charge in [-0.2, -0.15) is 0 Å². The first kappa shape index (κ1) is 20.5. The number of hydrogen-bond donors (Lipinski definition) is 1. The van der Waals surface area contributed by atoms with E-state index < -0.39 is 0 Å².